The molecule has 0 radical (unpaired) electrons. The van der Waals surface area contributed by atoms with Crippen molar-refractivity contribution in [1.82, 2.24) is 20.5 Å². The Bertz CT molecular complexity index is 684. The van der Waals surface area contributed by atoms with Gasteiger partial charge < -0.3 is 15.5 Å². The van der Waals surface area contributed by atoms with Crippen molar-refractivity contribution in [2.45, 2.75) is 50.9 Å². The number of alkyl halides is 3. The number of nitrogens with one attached hydrogen (secondary N) is 2. The number of guanidine groups is 1. The third-order valence-electron chi connectivity index (χ3n) is 5.02. The summed E-state index contributed by atoms with van der Waals surface area (Å²) >= 11 is 0.961. The quantitative estimate of drug-likeness (QED) is 0.599. The first-order valence-corrected chi connectivity index (χ1v) is 10.0. The van der Waals surface area contributed by atoms with Gasteiger partial charge in [0, 0.05) is 37.5 Å². The van der Waals surface area contributed by atoms with Crippen LogP contribution in [0.25, 0.3) is 0 Å². The lowest BCUT2D eigenvalue weighted by molar-refractivity contribution is -0.140. The number of hydrogen-bond donors (Lipinski definition) is 2. The molecule has 1 aromatic rings. The SMILES string of the molecule is CN=C(NCc1nc(C(F)(F)F)cs1)NC1CCN(C(=O)C2CCCC2)C1. The zero-order valence-electron chi connectivity index (χ0n) is 15.2. The number of likely N-dealkylation sites (tertiary alicyclic amines) is 1. The number of rotatable bonds is 4. The molecule has 6 nitrogen and oxygen atoms in total. The highest BCUT2D eigenvalue weighted by molar-refractivity contribution is 7.09. The number of carbonyl (C=O) groups excluding carboxylic acids is 1. The zero-order valence-corrected chi connectivity index (χ0v) is 16.0. The minimum Gasteiger partial charge on any atom is -0.352 e. The number of nitrogens with zero attached hydrogens (tertiary/aromatic N) is 3. The first kappa shape index (κ1) is 19.9. The average molecular weight is 403 g/mol. The predicted molar refractivity (Wildman–Crippen MR) is 97.4 cm³/mol. The molecule has 10 heteroatoms. The Hall–Kier alpha value is -1.84. The van der Waals surface area contributed by atoms with Gasteiger partial charge in [0.1, 0.15) is 5.01 Å². The Labute approximate surface area is 160 Å². The highest BCUT2D eigenvalue weighted by Gasteiger charge is 2.34. The Morgan fingerprint density at radius 3 is 2.74 bits per heavy atom. The molecular formula is C17H24F3N5OS. The number of thiazole rings is 1. The van der Waals surface area contributed by atoms with E-state index in [1.165, 1.54) is 0 Å². The van der Waals surface area contributed by atoms with E-state index < -0.39 is 11.9 Å². The van der Waals surface area contributed by atoms with Crippen molar-refractivity contribution < 1.29 is 18.0 Å². The molecule has 1 amide bonds. The molecule has 2 N–H and O–H groups in total. The monoisotopic (exact) mass is 403 g/mol. The molecule has 2 heterocycles. The highest BCUT2D eigenvalue weighted by atomic mass is 32.1. The molecule has 1 saturated heterocycles. The summed E-state index contributed by atoms with van der Waals surface area (Å²) in [4.78, 5) is 22.1. The van der Waals surface area contributed by atoms with E-state index >= 15 is 0 Å². The van der Waals surface area contributed by atoms with Gasteiger partial charge >= 0.3 is 6.18 Å². The van der Waals surface area contributed by atoms with Gasteiger partial charge in [0.25, 0.3) is 0 Å². The largest absolute Gasteiger partial charge is 0.434 e. The third-order valence-corrected chi connectivity index (χ3v) is 5.87. The van der Waals surface area contributed by atoms with Gasteiger partial charge in [0.2, 0.25) is 5.91 Å². The minimum absolute atomic E-state index is 0.0867. The average Bonchev–Trinajstić information content (AvgIpc) is 3.39. The Morgan fingerprint density at radius 2 is 2.11 bits per heavy atom. The van der Waals surface area contributed by atoms with Crippen LogP contribution in [0.3, 0.4) is 0 Å². The van der Waals surface area contributed by atoms with Crippen molar-refractivity contribution in [1.29, 1.82) is 0 Å². The van der Waals surface area contributed by atoms with Crippen molar-refractivity contribution in [3.8, 4) is 0 Å². The fraction of sp³-hybridized carbons (Fsp3) is 0.706. The summed E-state index contributed by atoms with van der Waals surface area (Å²) in [6.07, 6.45) is 0.655. The molecule has 1 aliphatic heterocycles. The topological polar surface area (TPSA) is 69.6 Å². The van der Waals surface area contributed by atoms with Crippen molar-refractivity contribution in [2.24, 2.45) is 10.9 Å². The third kappa shape index (κ3) is 5.12. The normalized spacial score (nSPS) is 21.7. The van der Waals surface area contributed by atoms with Crippen LogP contribution >= 0.6 is 11.3 Å². The van der Waals surface area contributed by atoms with E-state index in [2.05, 4.69) is 20.6 Å². The standard InChI is InChI=1S/C17H24F3N5OS/c1-21-16(22-8-14-24-13(10-27-14)17(18,19)20)23-12-6-7-25(9-12)15(26)11-4-2-3-5-11/h10-12H,2-9H2,1H3,(H2,21,22,23). The molecule has 1 atom stereocenters. The second kappa shape index (κ2) is 8.45. The second-order valence-corrected chi connectivity index (χ2v) is 7.89. The van der Waals surface area contributed by atoms with Gasteiger partial charge in [-0.15, -0.1) is 11.3 Å². The first-order chi connectivity index (χ1) is 12.9. The number of hydrogen-bond acceptors (Lipinski definition) is 4. The molecular weight excluding hydrogens is 379 g/mol. The fourth-order valence-corrected chi connectivity index (χ4v) is 4.32. The maximum absolute atomic E-state index is 12.6. The van der Waals surface area contributed by atoms with E-state index in [0.717, 1.165) is 55.4 Å². The van der Waals surface area contributed by atoms with Crippen LogP contribution in [0.4, 0.5) is 13.2 Å². The van der Waals surface area contributed by atoms with Crippen LogP contribution in [-0.4, -0.2) is 47.9 Å². The number of halogens is 3. The number of aromatic nitrogens is 1. The molecule has 0 bridgehead atoms. The summed E-state index contributed by atoms with van der Waals surface area (Å²) < 4.78 is 37.8. The van der Waals surface area contributed by atoms with Crippen LogP contribution < -0.4 is 10.6 Å². The van der Waals surface area contributed by atoms with Crippen molar-refractivity contribution in [3.63, 3.8) is 0 Å². The van der Waals surface area contributed by atoms with Crippen molar-refractivity contribution >= 4 is 23.2 Å². The summed E-state index contributed by atoms with van der Waals surface area (Å²) in [7, 11) is 1.61. The molecule has 1 aliphatic carbocycles. The predicted octanol–water partition coefficient (Wildman–Crippen LogP) is 2.62. The van der Waals surface area contributed by atoms with Gasteiger partial charge in [0.05, 0.1) is 6.54 Å². The smallest absolute Gasteiger partial charge is 0.352 e. The van der Waals surface area contributed by atoms with Crippen molar-refractivity contribution in [3.05, 3.63) is 16.1 Å². The van der Waals surface area contributed by atoms with Gasteiger partial charge in [0.15, 0.2) is 11.7 Å². The van der Waals surface area contributed by atoms with Crippen LogP contribution in [0, 0.1) is 5.92 Å². The molecule has 27 heavy (non-hydrogen) atoms. The van der Waals surface area contributed by atoms with Crippen LogP contribution in [-0.2, 0) is 17.5 Å². The lowest BCUT2D eigenvalue weighted by Gasteiger charge is -2.21. The van der Waals surface area contributed by atoms with Crippen LogP contribution in [0.2, 0.25) is 0 Å². The zero-order chi connectivity index (χ0) is 19.4. The second-order valence-electron chi connectivity index (χ2n) is 6.95. The fourth-order valence-electron chi connectivity index (χ4n) is 3.58. The Balaban J connectivity index is 1.46. The van der Waals surface area contributed by atoms with Gasteiger partial charge in [-0.3, -0.25) is 9.79 Å². The van der Waals surface area contributed by atoms with Crippen LogP contribution in [0.5, 0.6) is 0 Å². The summed E-state index contributed by atoms with van der Waals surface area (Å²) in [5.41, 5.74) is -0.871. The Morgan fingerprint density at radius 1 is 1.37 bits per heavy atom. The molecule has 150 valence electrons. The lowest BCUT2D eigenvalue weighted by Crippen LogP contribution is -2.45. The molecule has 2 fully saturated rings. The molecule has 1 unspecified atom stereocenters. The summed E-state index contributed by atoms with van der Waals surface area (Å²) in [5.74, 6) is 0.926. The maximum Gasteiger partial charge on any atom is 0.434 e. The van der Waals surface area contributed by atoms with E-state index in [4.69, 9.17) is 0 Å². The lowest BCUT2D eigenvalue weighted by atomic mass is 10.1. The van der Waals surface area contributed by atoms with E-state index in [9.17, 15) is 18.0 Å². The molecule has 3 rings (SSSR count). The first-order valence-electron chi connectivity index (χ1n) is 9.14. The highest BCUT2D eigenvalue weighted by Crippen LogP contribution is 2.30. The molecule has 0 spiro atoms. The van der Waals surface area contributed by atoms with Gasteiger partial charge in [-0.1, -0.05) is 12.8 Å². The molecule has 1 saturated carbocycles. The Kier molecular flexibility index (Phi) is 6.23. The molecule has 1 aromatic heterocycles. The number of carbonyl (C=O) groups is 1. The van der Waals surface area contributed by atoms with Gasteiger partial charge in [-0.05, 0) is 19.3 Å². The summed E-state index contributed by atoms with van der Waals surface area (Å²) in [5, 5.41) is 7.59. The van der Waals surface area contributed by atoms with Crippen LogP contribution in [0.15, 0.2) is 10.4 Å². The van der Waals surface area contributed by atoms with Crippen LogP contribution in [0.1, 0.15) is 42.8 Å². The number of amides is 1. The maximum atomic E-state index is 12.6. The van der Waals surface area contributed by atoms with E-state index in [1.807, 2.05) is 4.90 Å². The number of aliphatic imine (C=N–C) groups is 1. The summed E-state index contributed by atoms with van der Waals surface area (Å²) in [6.45, 7) is 1.52. The van der Waals surface area contributed by atoms with E-state index in [0.29, 0.717) is 17.5 Å². The molecule has 0 aromatic carbocycles. The van der Waals surface area contributed by atoms with Gasteiger partial charge in [-0.2, -0.15) is 13.2 Å². The summed E-state index contributed by atoms with van der Waals surface area (Å²) in [6, 6.07) is 0.0867. The van der Waals surface area contributed by atoms with Crippen molar-refractivity contribution in [2.75, 3.05) is 20.1 Å². The van der Waals surface area contributed by atoms with E-state index in [-0.39, 0.29) is 24.4 Å². The molecule has 2 aliphatic rings. The van der Waals surface area contributed by atoms with Gasteiger partial charge in [-0.25, -0.2) is 4.98 Å². The minimum atomic E-state index is -4.42. The van der Waals surface area contributed by atoms with E-state index in [1.54, 1.807) is 7.05 Å².